The molecule has 1 saturated heterocycles. The Labute approximate surface area is 111 Å². The highest BCUT2D eigenvalue weighted by atomic mass is 16.5. The molecule has 0 aromatic rings. The Bertz CT molecular complexity index is 246. The summed E-state index contributed by atoms with van der Waals surface area (Å²) in [6.45, 7) is 5.84. The van der Waals surface area contributed by atoms with Gasteiger partial charge in [-0.25, -0.2) is 0 Å². The van der Waals surface area contributed by atoms with Crippen LogP contribution in [0.2, 0.25) is 0 Å². The van der Waals surface area contributed by atoms with Gasteiger partial charge in [-0.3, -0.25) is 0 Å². The molecule has 4 atom stereocenters. The molecule has 0 bridgehead atoms. The molecule has 0 aromatic carbocycles. The number of hydrogen-bond acceptors (Lipinski definition) is 4. The second-order valence-corrected chi connectivity index (χ2v) is 4.95. The van der Waals surface area contributed by atoms with Crippen LogP contribution in [0.4, 0.5) is 0 Å². The summed E-state index contributed by atoms with van der Waals surface area (Å²) in [5.41, 5.74) is 0. The molecular weight excluding hydrogens is 228 g/mol. The van der Waals surface area contributed by atoms with E-state index < -0.39 is 0 Å². The van der Waals surface area contributed by atoms with Crippen molar-refractivity contribution in [2.24, 2.45) is 0 Å². The average molecular weight is 256 g/mol. The fourth-order valence-electron chi connectivity index (χ4n) is 2.61. The van der Waals surface area contributed by atoms with Gasteiger partial charge in [0.2, 0.25) is 0 Å². The van der Waals surface area contributed by atoms with Crippen molar-refractivity contribution in [1.82, 2.24) is 10.6 Å². The molecule has 18 heavy (non-hydrogen) atoms. The van der Waals surface area contributed by atoms with Crippen molar-refractivity contribution in [3.05, 3.63) is 12.2 Å². The third kappa shape index (κ3) is 4.69. The third-order valence-electron chi connectivity index (χ3n) is 3.52. The second-order valence-electron chi connectivity index (χ2n) is 4.95. The Hall–Kier alpha value is -0.420. The van der Waals surface area contributed by atoms with E-state index in [-0.39, 0.29) is 12.1 Å². The Morgan fingerprint density at radius 3 is 2.67 bits per heavy atom. The molecule has 4 heteroatoms. The molecule has 4 unspecified atom stereocenters. The first kappa shape index (κ1) is 15.6. The number of nitrogens with one attached hydrogen (secondary N) is 2. The Balaban J connectivity index is 2.56. The van der Waals surface area contributed by atoms with E-state index in [1.165, 1.54) is 12.8 Å². The van der Waals surface area contributed by atoms with Crippen molar-refractivity contribution in [2.75, 3.05) is 27.4 Å². The van der Waals surface area contributed by atoms with Crippen LogP contribution in [0, 0.1) is 0 Å². The summed E-state index contributed by atoms with van der Waals surface area (Å²) in [7, 11) is 3.52. The number of hydrogen-bond donors (Lipinski definition) is 2. The van der Waals surface area contributed by atoms with Crippen LogP contribution in [-0.2, 0) is 9.47 Å². The number of rotatable bonds is 8. The van der Waals surface area contributed by atoms with Crippen molar-refractivity contribution in [3.8, 4) is 0 Å². The lowest BCUT2D eigenvalue weighted by molar-refractivity contribution is 0.0518. The summed E-state index contributed by atoms with van der Waals surface area (Å²) >= 11 is 0. The van der Waals surface area contributed by atoms with Crippen molar-refractivity contribution >= 4 is 0 Å². The first-order valence-corrected chi connectivity index (χ1v) is 6.86. The predicted octanol–water partition coefficient (Wildman–Crippen LogP) is 1.32. The minimum absolute atomic E-state index is 0.169. The summed E-state index contributed by atoms with van der Waals surface area (Å²) < 4.78 is 10.8. The molecule has 0 amide bonds. The minimum atomic E-state index is 0.169. The minimum Gasteiger partial charge on any atom is -0.383 e. The summed E-state index contributed by atoms with van der Waals surface area (Å²) in [6.07, 6.45) is 6.83. The SMILES string of the molecule is CC=CC(NCCOC)C(OC)C1CCC(C)N1. The van der Waals surface area contributed by atoms with E-state index >= 15 is 0 Å². The Kier molecular flexibility index (Phi) is 7.51. The van der Waals surface area contributed by atoms with Gasteiger partial charge in [-0.1, -0.05) is 12.2 Å². The maximum absolute atomic E-state index is 5.71. The normalized spacial score (nSPS) is 27.8. The third-order valence-corrected chi connectivity index (χ3v) is 3.52. The van der Waals surface area contributed by atoms with E-state index in [0.717, 1.165) is 13.2 Å². The quantitative estimate of drug-likeness (QED) is 0.508. The van der Waals surface area contributed by atoms with Gasteiger partial charge in [-0.2, -0.15) is 0 Å². The molecule has 0 aliphatic carbocycles. The molecular formula is C14H28N2O2. The maximum atomic E-state index is 5.71. The van der Waals surface area contributed by atoms with Crippen molar-refractivity contribution < 1.29 is 9.47 Å². The summed E-state index contributed by atoms with van der Waals surface area (Å²) in [5.74, 6) is 0. The largest absolute Gasteiger partial charge is 0.383 e. The van der Waals surface area contributed by atoms with Crippen LogP contribution < -0.4 is 10.6 Å². The van der Waals surface area contributed by atoms with E-state index in [0.29, 0.717) is 12.1 Å². The van der Waals surface area contributed by atoms with Gasteiger partial charge in [0.1, 0.15) is 0 Å². The molecule has 0 saturated carbocycles. The van der Waals surface area contributed by atoms with Gasteiger partial charge in [-0.05, 0) is 26.7 Å². The second kappa shape index (κ2) is 8.64. The zero-order chi connectivity index (χ0) is 13.4. The van der Waals surface area contributed by atoms with E-state index in [1.807, 2.05) is 6.92 Å². The van der Waals surface area contributed by atoms with Crippen LogP contribution in [-0.4, -0.2) is 51.6 Å². The number of ether oxygens (including phenoxy) is 2. The van der Waals surface area contributed by atoms with Crippen LogP contribution >= 0.6 is 0 Å². The molecule has 1 fully saturated rings. The Morgan fingerprint density at radius 2 is 2.17 bits per heavy atom. The monoisotopic (exact) mass is 256 g/mol. The van der Waals surface area contributed by atoms with Crippen molar-refractivity contribution in [1.29, 1.82) is 0 Å². The molecule has 2 N–H and O–H groups in total. The van der Waals surface area contributed by atoms with Crippen molar-refractivity contribution in [2.45, 2.75) is 50.9 Å². The van der Waals surface area contributed by atoms with E-state index in [1.54, 1.807) is 14.2 Å². The van der Waals surface area contributed by atoms with Gasteiger partial charge in [0, 0.05) is 32.8 Å². The van der Waals surface area contributed by atoms with Crippen LogP contribution in [0.3, 0.4) is 0 Å². The zero-order valence-electron chi connectivity index (χ0n) is 12.1. The predicted molar refractivity (Wildman–Crippen MR) is 74.9 cm³/mol. The topological polar surface area (TPSA) is 42.5 Å². The summed E-state index contributed by atoms with van der Waals surface area (Å²) in [5, 5.41) is 7.09. The molecule has 0 spiro atoms. The average Bonchev–Trinajstić information content (AvgIpc) is 2.77. The molecule has 1 aliphatic rings. The van der Waals surface area contributed by atoms with Gasteiger partial charge in [0.15, 0.2) is 0 Å². The zero-order valence-corrected chi connectivity index (χ0v) is 12.1. The molecule has 4 nitrogen and oxygen atoms in total. The highest BCUT2D eigenvalue weighted by Crippen LogP contribution is 2.19. The Morgan fingerprint density at radius 1 is 1.39 bits per heavy atom. The first-order valence-electron chi connectivity index (χ1n) is 6.86. The number of methoxy groups -OCH3 is 2. The summed E-state index contributed by atoms with van der Waals surface area (Å²) in [4.78, 5) is 0. The summed E-state index contributed by atoms with van der Waals surface area (Å²) in [6, 6.07) is 1.26. The van der Waals surface area contributed by atoms with Gasteiger partial charge in [-0.15, -0.1) is 0 Å². The fourth-order valence-corrected chi connectivity index (χ4v) is 2.61. The molecule has 106 valence electrons. The lowest BCUT2D eigenvalue weighted by atomic mass is 10.0. The molecule has 1 aliphatic heterocycles. The highest BCUT2D eigenvalue weighted by Gasteiger charge is 2.32. The molecule has 0 aromatic heterocycles. The highest BCUT2D eigenvalue weighted by molar-refractivity contribution is 5.02. The van der Waals surface area contributed by atoms with Crippen LogP contribution in [0.25, 0.3) is 0 Å². The van der Waals surface area contributed by atoms with Gasteiger partial charge < -0.3 is 20.1 Å². The lowest BCUT2D eigenvalue weighted by Gasteiger charge is -2.30. The van der Waals surface area contributed by atoms with Crippen LogP contribution in [0.15, 0.2) is 12.2 Å². The molecule has 0 radical (unpaired) electrons. The molecule has 1 heterocycles. The molecule has 1 rings (SSSR count). The lowest BCUT2D eigenvalue weighted by Crippen LogP contribution is -2.51. The fraction of sp³-hybridized carbons (Fsp3) is 0.857. The maximum Gasteiger partial charge on any atom is 0.0912 e. The van der Waals surface area contributed by atoms with E-state index in [9.17, 15) is 0 Å². The first-order chi connectivity index (χ1) is 8.72. The van der Waals surface area contributed by atoms with E-state index in [4.69, 9.17) is 9.47 Å². The van der Waals surface area contributed by atoms with Gasteiger partial charge in [0.25, 0.3) is 0 Å². The smallest absolute Gasteiger partial charge is 0.0912 e. The van der Waals surface area contributed by atoms with E-state index in [2.05, 4.69) is 29.7 Å². The van der Waals surface area contributed by atoms with Crippen molar-refractivity contribution in [3.63, 3.8) is 0 Å². The van der Waals surface area contributed by atoms with Gasteiger partial charge >= 0.3 is 0 Å². The van der Waals surface area contributed by atoms with Crippen LogP contribution in [0.5, 0.6) is 0 Å². The van der Waals surface area contributed by atoms with Gasteiger partial charge in [0.05, 0.1) is 18.8 Å². The van der Waals surface area contributed by atoms with Crippen LogP contribution in [0.1, 0.15) is 26.7 Å². The standard InChI is InChI=1S/C14H28N2O2/c1-5-6-12(15-9-10-17-3)14(18-4)13-8-7-11(2)16-13/h5-6,11-16H,7-10H2,1-4H3. The number of allylic oxidation sites excluding steroid dienone is 1.